The molecule has 18 heavy (non-hydrogen) atoms. The van der Waals surface area contributed by atoms with Gasteiger partial charge in [-0.25, -0.2) is 4.79 Å². The second kappa shape index (κ2) is 6.18. The molecule has 1 fully saturated rings. The molecule has 3 N–H and O–H groups in total. The molecule has 0 heterocycles. The first-order valence-corrected chi connectivity index (χ1v) is 6.51. The van der Waals surface area contributed by atoms with Gasteiger partial charge in [0.15, 0.2) is 0 Å². The van der Waals surface area contributed by atoms with Gasteiger partial charge in [0.1, 0.15) is 6.04 Å². The molecular formula is C13H24N2O3. The van der Waals surface area contributed by atoms with Crippen LogP contribution >= 0.6 is 0 Å². The Hall–Kier alpha value is -1.10. The van der Waals surface area contributed by atoms with Crippen molar-refractivity contribution in [3.05, 3.63) is 0 Å². The Morgan fingerprint density at radius 2 is 2.00 bits per heavy atom. The summed E-state index contributed by atoms with van der Waals surface area (Å²) in [5.74, 6) is -0.491. The smallest absolute Gasteiger partial charge is 0.328 e. The van der Waals surface area contributed by atoms with Gasteiger partial charge in [-0.05, 0) is 30.7 Å². The van der Waals surface area contributed by atoms with Crippen molar-refractivity contribution in [1.29, 1.82) is 0 Å². The fourth-order valence-electron chi connectivity index (χ4n) is 2.32. The number of carbonyl (C=O) groups is 2. The third kappa shape index (κ3) is 3.45. The van der Waals surface area contributed by atoms with E-state index in [9.17, 15) is 9.59 Å². The van der Waals surface area contributed by atoms with E-state index in [-0.39, 0.29) is 17.2 Å². The molecule has 0 aromatic heterocycles. The molecule has 5 nitrogen and oxygen atoms in total. The summed E-state index contributed by atoms with van der Waals surface area (Å²) in [4.78, 5) is 23.5. The third-order valence-corrected chi connectivity index (χ3v) is 3.82. The number of ether oxygens (including phenoxy) is 1. The zero-order valence-electron chi connectivity index (χ0n) is 11.5. The van der Waals surface area contributed by atoms with Crippen molar-refractivity contribution in [1.82, 2.24) is 5.32 Å². The molecule has 0 spiro atoms. The predicted octanol–water partition coefficient (Wildman–Crippen LogP) is 0.819. The van der Waals surface area contributed by atoms with Gasteiger partial charge >= 0.3 is 5.97 Å². The number of amides is 1. The highest BCUT2D eigenvalue weighted by molar-refractivity contribution is 5.85. The minimum atomic E-state index is -0.572. The zero-order chi connectivity index (χ0) is 13.8. The Balaban J connectivity index is 2.53. The van der Waals surface area contributed by atoms with Crippen LogP contribution in [0, 0.1) is 11.3 Å². The van der Waals surface area contributed by atoms with Crippen LogP contribution in [-0.4, -0.2) is 31.6 Å². The quantitative estimate of drug-likeness (QED) is 0.689. The molecule has 1 saturated carbocycles. The lowest BCUT2D eigenvalue weighted by Gasteiger charge is -2.40. The van der Waals surface area contributed by atoms with Crippen LogP contribution in [0.2, 0.25) is 0 Å². The Bertz CT molecular complexity index is 306. The fraction of sp³-hybridized carbons (Fsp3) is 0.846. The lowest BCUT2D eigenvalue weighted by atomic mass is 9.66. The summed E-state index contributed by atoms with van der Waals surface area (Å²) >= 11 is 0. The summed E-state index contributed by atoms with van der Waals surface area (Å²) in [6.45, 7) is 4.29. The van der Waals surface area contributed by atoms with Crippen molar-refractivity contribution in [2.24, 2.45) is 17.1 Å². The predicted molar refractivity (Wildman–Crippen MR) is 68.7 cm³/mol. The van der Waals surface area contributed by atoms with Crippen LogP contribution in [0.1, 0.15) is 39.5 Å². The maximum absolute atomic E-state index is 12.0. The maximum Gasteiger partial charge on any atom is 0.328 e. The molecule has 1 atom stereocenters. The molecule has 1 aliphatic rings. The van der Waals surface area contributed by atoms with Gasteiger partial charge in [0.25, 0.3) is 0 Å². The minimum absolute atomic E-state index is 0.0108. The van der Waals surface area contributed by atoms with Crippen molar-refractivity contribution in [2.45, 2.75) is 45.6 Å². The van der Waals surface area contributed by atoms with Crippen LogP contribution in [0.5, 0.6) is 0 Å². The Morgan fingerprint density at radius 1 is 1.39 bits per heavy atom. The summed E-state index contributed by atoms with van der Waals surface area (Å²) in [5.41, 5.74) is 5.68. The highest BCUT2D eigenvalue weighted by atomic mass is 16.5. The van der Waals surface area contributed by atoms with Crippen molar-refractivity contribution in [2.75, 3.05) is 13.7 Å². The first-order valence-electron chi connectivity index (χ1n) is 6.51. The van der Waals surface area contributed by atoms with E-state index in [4.69, 9.17) is 10.5 Å². The van der Waals surface area contributed by atoms with Gasteiger partial charge in [-0.3, -0.25) is 4.79 Å². The van der Waals surface area contributed by atoms with Crippen LogP contribution in [0.3, 0.4) is 0 Å². The number of methoxy groups -OCH3 is 1. The van der Waals surface area contributed by atoms with Crippen LogP contribution in [0.25, 0.3) is 0 Å². The highest BCUT2D eigenvalue weighted by Gasteiger charge is 2.38. The number of carbonyl (C=O) groups excluding carboxylic acids is 2. The van der Waals surface area contributed by atoms with E-state index in [1.165, 1.54) is 7.11 Å². The lowest BCUT2D eigenvalue weighted by Crippen LogP contribution is -2.48. The van der Waals surface area contributed by atoms with Gasteiger partial charge in [-0.15, -0.1) is 0 Å². The average molecular weight is 256 g/mol. The summed E-state index contributed by atoms with van der Waals surface area (Å²) in [7, 11) is 1.33. The molecule has 0 aliphatic heterocycles. The molecule has 5 heteroatoms. The summed E-state index contributed by atoms with van der Waals surface area (Å²) in [6, 6.07) is -0.572. The van der Waals surface area contributed by atoms with Crippen LogP contribution in [-0.2, 0) is 14.3 Å². The molecule has 0 radical (unpaired) electrons. The molecule has 104 valence electrons. The van der Waals surface area contributed by atoms with Crippen molar-refractivity contribution >= 4 is 11.9 Å². The summed E-state index contributed by atoms with van der Waals surface area (Å²) < 4.78 is 4.69. The SMILES string of the molecule is COC(=O)C(NC(=O)CC1(CN)CCC1)C(C)C. The summed E-state index contributed by atoms with van der Waals surface area (Å²) in [6.07, 6.45) is 3.54. The van der Waals surface area contributed by atoms with E-state index in [0.29, 0.717) is 13.0 Å². The largest absolute Gasteiger partial charge is 0.467 e. The van der Waals surface area contributed by atoms with E-state index in [0.717, 1.165) is 19.3 Å². The zero-order valence-corrected chi connectivity index (χ0v) is 11.5. The van der Waals surface area contributed by atoms with Gasteiger partial charge < -0.3 is 15.8 Å². The number of esters is 1. The molecule has 0 aromatic rings. The lowest BCUT2D eigenvalue weighted by molar-refractivity contribution is -0.146. The Morgan fingerprint density at radius 3 is 2.33 bits per heavy atom. The average Bonchev–Trinajstić information content (AvgIpc) is 2.29. The number of rotatable bonds is 6. The third-order valence-electron chi connectivity index (χ3n) is 3.82. The van der Waals surface area contributed by atoms with E-state index in [2.05, 4.69) is 5.32 Å². The molecule has 1 unspecified atom stereocenters. The monoisotopic (exact) mass is 256 g/mol. The van der Waals surface area contributed by atoms with Gasteiger partial charge in [0.2, 0.25) is 5.91 Å². The topological polar surface area (TPSA) is 81.4 Å². The first kappa shape index (κ1) is 15.0. The highest BCUT2D eigenvalue weighted by Crippen LogP contribution is 2.42. The van der Waals surface area contributed by atoms with E-state index >= 15 is 0 Å². The molecule has 1 rings (SSSR count). The normalized spacial score (nSPS) is 18.9. The van der Waals surface area contributed by atoms with E-state index in [1.54, 1.807) is 0 Å². The second-order valence-corrected chi connectivity index (χ2v) is 5.55. The van der Waals surface area contributed by atoms with Crippen molar-refractivity contribution < 1.29 is 14.3 Å². The van der Waals surface area contributed by atoms with Crippen molar-refractivity contribution in [3.63, 3.8) is 0 Å². The molecule has 1 amide bonds. The van der Waals surface area contributed by atoms with E-state index in [1.807, 2.05) is 13.8 Å². The second-order valence-electron chi connectivity index (χ2n) is 5.55. The van der Waals surface area contributed by atoms with Gasteiger partial charge in [0.05, 0.1) is 7.11 Å². The molecule has 0 saturated heterocycles. The minimum Gasteiger partial charge on any atom is -0.467 e. The fourth-order valence-corrected chi connectivity index (χ4v) is 2.32. The van der Waals surface area contributed by atoms with E-state index < -0.39 is 12.0 Å². The number of hydrogen-bond acceptors (Lipinski definition) is 4. The Kier molecular flexibility index (Phi) is 5.14. The first-order chi connectivity index (χ1) is 8.44. The van der Waals surface area contributed by atoms with Gasteiger partial charge in [0, 0.05) is 6.42 Å². The summed E-state index contributed by atoms with van der Waals surface area (Å²) in [5, 5.41) is 2.76. The van der Waals surface area contributed by atoms with Gasteiger partial charge in [-0.1, -0.05) is 20.3 Å². The van der Waals surface area contributed by atoms with Crippen LogP contribution in [0.4, 0.5) is 0 Å². The number of nitrogens with one attached hydrogen (secondary N) is 1. The Labute approximate surface area is 108 Å². The molecule has 0 aromatic carbocycles. The number of nitrogens with two attached hydrogens (primary N) is 1. The van der Waals surface area contributed by atoms with Crippen LogP contribution in [0.15, 0.2) is 0 Å². The molecule has 1 aliphatic carbocycles. The van der Waals surface area contributed by atoms with Gasteiger partial charge in [-0.2, -0.15) is 0 Å². The number of hydrogen-bond donors (Lipinski definition) is 2. The molecular weight excluding hydrogens is 232 g/mol. The molecule has 0 bridgehead atoms. The van der Waals surface area contributed by atoms with Crippen molar-refractivity contribution in [3.8, 4) is 0 Å². The maximum atomic E-state index is 12.0. The van der Waals surface area contributed by atoms with Crippen LogP contribution < -0.4 is 11.1 Å². The standard InChI is InChI=1S/C13H24N2O3/c1-9(2)11(12(17)18-3)15-10(16)7-13(8-14)5-4-6-13/h9,11H,4-8,14H2,1-3H3,(H,15,16).